The number of benzene rings is 3. The van der Waals surface area contributed by atoms with Gasteiger partial charge in [0, 0.05) is 42.3 Å². The highest BCUT2D eigenvalue weighted by Gasteiger charge is 2.30. The Morgan fingerprint density at radius 3 is 2.14 bits per heavy atom. The molecule has 2 aliphatic rings. The van der Waals surface area contributed by atoms with E-state index < -0.39 is 0 Å². The molecule has 0 radical (unpaired) electrons. The van der Waals surface area contributed by atoms with Crippen molar-refractivity contribution in [2.75, 3.05) is 13.1 Å². The van der Waals surface area contributed by atoms with Gasteiger partial charge in [0.05, 0.1) is 17.2 Å². The quantitative estimate of drug-likeness (QED) is 0.391. The number of rotatable bonds is 4. The molecule has 2 N–H and O–H groups in total. The Kier molecular flexibility index (Phi) is 5.62. The first-order valence-electron chi connectivity index (χ1n) is 12.8. The molecule has 1 saturated carbocycles. The van der Waals surface area contributed by atoms with Crippen LogP contribution in [0, 0.1) is 18.3 Å². The summed E-state index contributed by atoms with van der Waals surface area (Å²) in [6.07, 6.45) is 6.07. The van der Waals surface area contributed by atoms with E-state index in [2.05, 4.69) is 60.2 Å². The predicted octanol–water partition coefficient (Wildman–Crippen LogP) is 6.05. The van der Waals surface area contributed by atoms with E-state index in [4.69, 9.17) is 5.73 Å². The van der Waals surface area contributed by atoms with Crippen LogP contribution >= 0.6 is 0 Å². The van der Waals surface area contributed by atoms with Crippen molar-refractivity contribution >= 4 is 16.8 Å². The number of nitrogens with zero attached hydrogens (tertiary/aromatic N) is 3. The number of carbonyl (C=O) groups excluding carboxylic acids is 1. The molecule has 1 aliphatic heterocycles. The topological polar surface area (TPSA) is 75.1 Å². The largest absolute Gasteiger partial charge is 0.344 e. The van der Waals surface area contributed by atoms with Gasteiger partial charge in [0.2, 0.25) is 0 Å². The summed E-state index contributed by atoms with van der Waals surface area (Å²) in [5.74, 6) is 0.0974. The van der Waals surface area contributed by atoms with Crippen LogP contribution in [0.25, 0.3) is 33.2 Å². The third kappa shape index (κ3) is 4.08. The lowest BCUT2D eigenvalue weighted by molar-refractivity contribution is 0.0716. The van der Waals surface area contributed by atoms with Crippen LogP contribution in [-0.2, 0) is 0 Å². The predicted molar refractivity (Wildman–Crippen MR) is 144 cm³/mol. The first-order chi connectivity index (χ1) is 17.5. The molecule has 1 aromatic heterocycles. The SMILES string of the molecule is Cc1ccc(-c2cc3c(cc2-c2ccc(C#N)cc2)c(C(=O)N2CCC(N)CC2)cn3C2CC2)cc1. The average molecular weight is 475 g/mol. The molecule has 5 nitrogen and oxygen atoms in total. The Morgan fingerprint density at radius 1 is 0.917 bits per heavy atom. The Morgan fingerprint density at radius 2 is 1.53 bits per heavy atom. The van der Waals surface area contributed by atoms with Gasteiger partial charge < -0.3 is 15.2 Å². The van der Waals surface area contributed by atoms with Gasteiger partial charge in [-0.1, -0.05) is 42.0 Å². The molecule has 0 bridgehead atoms. The second-order valence-electron chi connectivity index (χ2n) is 10.3. The number of hydrogen-bond acceptors (Lipinski definition) is 3. The standard InChI is InChI=1S/C31H30N4O/c1-20-2-6-22(7-3-20)27-17-30-28(16-26(27)23-8-4-21(18-32)5-9-23)29(19-35(30)25-10-11-25)31(36)34-14-12-24(33)13-15-34/h2-9,16-17,19,24-25H,10-15,33H2,1H3. The smallest absolute Gasteiger partial charge is 0.256 e. The highest BCUT2D eigenvalue weighted by molar-refractivity contribution is 6.09. The van der Waals surface area contributed by atoms with Crippen molar-refractivity contribution < 1.29 is 4.79 Å². The van der Waals surface area contributed by atoms with E-state index in [0.29, 0.717) is 24.7 Å². The molecule has 6 rings (SSSR count). The second kappa shape index (κ2) is 8.96. The molecule has 2 fully saturated rings. The van der Waals surface area contributed by atoms with Crippen molar-refractivity contribution in [3.8, 4) is 28.3 Å². The number of likely N-dealkylation sites (tertiary alicyclic amines) is 1. The van der Waals surface area contributed by atoms with E-state index in [1.807, 2.05) is 29.2 Å². The molecular weight excluding hydrogens is 444 g/mol. The van der Waals surface area contributed by atoms with Gasteiger partial charge in [-0.25, -0.2) is 0 Å². The van der Waals surface area contributed by atoms with Crippen molar-refractivity contribution in [2.45, 2.75) is 44.7 Å². The van der Waals surface area contributed by atoms with Gasteiger partial charge in [-0.3, -0.25) is 4.79 Å². The molecule has 180 valence electrons. The highest BCUT2D eigenvalue weighted by Crippen LogP contribution is 2.43. The van der Waals surface area contributed by atoms with E-state index in [-0.39, 0.29) is 11.9 Å². The van der Waals surface area contributed by atoms with Crippen LogP contribution in [0.3, 0.4) is 0 Å². The first-order valence-corrected chi connectivity index (χ1v) is 12.8. The molecule has 4 aromatic rings. The molecule has 5 heteroatoms. The number of carbonyl (C=O) groups is 1. The minimum atomic E-state index is 0.0974. The number of aryl methyl sites for hydroxylation is 1. The summed E-state index contributed by atoms with van der Waals surface area (Å²) in [6, 6.07) is 23.6. The summed E-state index contributed by atoms with van der Waals surface area (Å²) < 4.78 is 2.32. The molecule has 1 amide bonds. The Hall–Kier alpha value is -3.88. The minimum absolute atomic E-state index is 0.0974. The molecule has 0 unspecified atom stereocenters. The third-order valence-electron chi connectivity index (χ3n) is 7.66. The number of fused-ring (bicyclic) bond motifs is 1. The van der Waals surface area contributed by atoms with E-state index in [1.54, 1.807) is 0 Å². The van der Waals surface area contributed by atoms with Gasteiger partial charge in [0.1, 0.15) is 0 Å². The van der Waals surface area contributed by atoms with Gasteiger partial charge >= 0.3 is 0 Å². The number of hydrogen-bond donors (Lipinski definition) is 1. The minimum Gasteiger partial charge on any atom is -0.344 e. The zero-order valence-corrected chi connectivity index (χ0v) is 20.6. The number of piperidine rings is 1. The van der Waals surface area contributed by atoms with Crippen LogP contribution in [0.4, 0.5) is 0 Å². The fourth-order valence-corrected chi connectivity index (χ4v) is 5.33. The molecule has 0 atom stereocenters. The van der Waals surface area contributed by atoms with Gasteiger partial charge in [-0.2, -0.15) is 5.26 Å². The van der Waals surface area contributed by atoms with Crippen molar-refractivity contribution in [3.63, 3.8) is 0 Å². The number of amides is 1. The number of nitrogens with two attached hydrogens (primary N) is 1. The molecule has 1 aliphatic carbocycles. The summed E-state index contributed by atoms with van der Waals surface area (Å²) in [5.41, 5.74) is 14.2. The van der Waals surface area contributed by atoms with Gasteiger partial charge in [-0.05, 0) is 79.1 Å². The monoisotopic (exact) mass is 474 g/mol. The normalized spacial score (nSPS) is 16.3. The van der Waals surface area contributed by atoms with Crippen LogP contribution in [0.15, 0.2) is 66.9 Å². The summed E-state index contributed by atoms with van der Waals surface area (Å²) >= 11 is 0. The highest BCUT2D eigenvalue weighted by atomic mass is 16.2. The van der Waals surface area contributed by atoms with E-state index in [0.717, 1.165) is 64.4 Å². The molecule has 2 heterocycles. The van der Waals surface area contributed by atoms with Crippen LogP contribution in [0.2, 0.25) is 0 Å². The fourth-order valence-electron chi connectivity index (χ4n) is 5.33. The fraction of sp³-hybridized carbons (Fsp3) is 0.290. The molecule has 1 saturated heterocycles. The van der Waals surface area contributed by atoms with E-state index in [1.165, 1.54) is 5.56 Å². The Balaban J connectivity index is 1.55. The number of aromatic nitrogens is 1. The number of nitriles is 1. The molecule has 0 spiro atoms. The van der Waals surface area contributed by atoms with Crippen molar-refractivity contribution in [3.05, 3.63) is 83.6 Å². The Labute approximate surface area is 211 Å². The van der Waals surface area contributed by atoms with Crippen LogP contribution < -0.4 is 5.73 Å². The first kappa shape index (κ1) is 22.6. The van der Waals surface area contributed by atoms with Crippen molar-refractivity contribution in [1.29, 1.82) is 5.26 Å². The van der Waals surface area contributed by atoms with Crippen LogP contribution in [0.1, 0.15) is 53.2 Å². The summed E-state index contributed by atoms with van der Waals surface area (Å²) in [5, 5.41) is 10.3. The van der Waals surface area contributed by atoms with Gasteiger partial charge in [0.25, 0.3) is 5.91 Å². The van der Waals surface area contributed by atoms with E-state index in [9.17, 15) is 10.1 Å². The maximum Gasteiger partial charge on any atom is 0.256 e. The maximum absolute atomic E-state index is 13.7. The van der Waals surface area contributed by atoms with Gasteiger partial charge in [0.15, 0.2) is 0 Å². The third-order valence-corrected chi connectivity index (χ3v) is 7.66. The molecule has 36 heavy (non-hydrogen) atoms. The van der Waals surface area contributed by atoms with Gasteiger partial charge in [-0.15, -0.1) is 0 Å². The summed E-state index contributed by atoms with van der Waals surface area (Å²) in [7, 11) is 0. The second-order valence-corrected chi connectivity index (χ2v) is 10.3. The average Bonchev–Trinajstić information content (AvgIpc) is 3.69. The van der Waals surface area contributed by atoms with E-state index >= 15 is 0 Å². The maximum atomic E-state index is 13.7. The summed E-state index contributed by atoms with van der Waals surface area (Å²) in [4.78, 5) is 15.7. The molecule has 3 aromatic carbocycles. The van der Waals surface area contributed by atoms with Crippen molar-refractivity contribution in [1.82, 2.24) is 9.47 Å². The zero-order chi connectivity index (χ0) is 24.8. The Bertz CT molecular complexity index is 1480. The lowest BCUT2D eigenvalue weighted by atomic mass is 9.91. The zero-order valence-electron chi connectivity index (χ0n) is 20.6. The lowest BCUT2D eigenvalue weighted by Gasteiger charge is -2.30. The van der Waals surface area contributed by atoms with Crippen molar-refractivity contribution in [2.24, 2.45) is 5.73 Å². The lowest BCUT2D eigenvalue weighted by Crippen LogP contribution is -2.42. The van der Waals surface area contributed by atoms with Crippen LogP contribution in [0.5, 0.6) is 0 Å². The van der Waals surface area contributed by atoms with Crippen LogP contribution in [-0.4, -0.2) is 34.5 Å². The summed E-state index contributed by atoms with van der Waals surface area (Å²) in [6.45, 7) is 3.51. The molecular formula is C31H30N4O.